The summed E-state index contributed by atoms with van der Waals surface area (Å²) in [6.45, 7) is 2.08. The maximum Gasteiger partial charge on any atom is 0.205 e. The number of Topliss-reactive ketones (excluding diaryl/α,β-unsaturated/α-hetero) is 1. The fraction of sp³-hybridized carbons (Fsp3) is 0.125. The Hall–Kier alpha value is -2.09. The van der Waals surface area contributed by atoms with E-state index >= 15 is 0 Å². The van der Waals surface area contributed by atoms with Crippen LogP contribution in [0.2, 0.25) is 0 Å². The molecule has 0 unspecified atom stereocenters. The zero-order valence-corrected chi connectivity index (χ0v) is 14.1. The van der Waals surface area contributed by atoms with Gasteiger partial charge in [-0.2, -0.15) is 4.80 Å². The van der Waals surface area contributed by atoms with Gasteiger partial charge in [0.05, 0.1) is 0 Å². The van der Waals surface area contributed by atoms with E-state index in [9.17, 15) is 4.79 Å². The number of aromatic nitrogens is 4. The molecule has 0 saturated carbocycles. The molecule has 0 bridgehead atoms. The highest BCUT2D eigenvalue weighted by atomic mass is 127. The molecule has 0 fully saturated rings. The van der Waals surface area contributed by atoms with Crippen molar-refractivity contribution in [1.29, 1.82) is 0 Å². The van der Waals surface area contributed by atoms with Crippen LogP contribution >= 0.6 is 22.6 Å². The lowest BCUT2D eigenvalue weighted by molar-refractivity contribution is 0.0961. The quantitative estimate of drug-likeness (QED) is 0.495. The van der Waals surface area contributed by atoms with Crippen LogP contribution in [0.1, 0.15) is 15.9 Å². The average Bonchev–Trinajstić information content (AvgIpc) is 2.96. The number of tetrazole rings is 1. The van der Waals surface area contributed by atoms with Crippen molar-refractivity contribution in [3.8, 4) is 11.4 Å². The van der Waals surface area contributed by atoms with Gasteiger partial charge in [0.1, 0.15) is 6.54 Å². The van der Waals surface area contributed by atoms with Gasteiger partial charge in [-0.25, -0.2) is 0 Å². The van der Waals surface area contributed by atoms with E-state index in [1.54, 1.807) is 0 Å². The Morgan fingerprint density at radius 1 is 1.14 bits per heavy atom. The lowest BCUT2D eigenvalue weighted by Crippen LogP contribution is -2.13. The molecule has 0 aliphatic rings. The van der Waals surface area contributed by atoms with Crippen LogP contribution < -0.4 is 0 Å². The van der Waals surface area contributed by atoms with Gasteiger partial charge in [-0.3, -0.25) is 4.79 Å². The summed E-state index contributed by atoms with van der Waals surface area (Å²) in [5.74, 6) is 0.499. The second kappa shape index (κ2) is 6.35. The summed E-state index contributed by atoms with van der Waals surface area (Å²) in [5, 5.41) is 12.3. The van der Waals surface area contributed by atoms with Crippen molar-refractivity contribution in [2.24, 2.45) is 0 Å². The van der Waals surface area contributed by atoms with Gasteiger partial charge in [0.2, 0.25) is 5.82 Å². The molecule has 5 nitrogen and oxygen atoms in total. The Labute approximate surface area is 141 Å². The van der Waals surface area contributed by atoms with Gasteiger partial charge in [0.25, 0.3) is 0 Å². The molecule has 0 saturated heterocycles. The molecular formula is C16H13IN4O. The van der Waals surface area contributed by atoms with E-state index in [0.29, 0.717) is 11.4 Å². The van der Waals surface area contributed by atoms with Crippen molar-refractivity contribution >= 4 is 28.4 Å². The van der Waals surface area contributed by atoms with E-state index in [1.165, 1.54) is 4.80 Å². The fourth-order valence-corrected chi connectivity index (χ4v) is 2.46. The zero-order valence-electron chi connectivity index (χ0n) is 11.9. The number of benzene rings is 2. The summed E-state index contributed by atoms with van der Waals surface area (Å²) in [5.41, 5.74) is 2.65. The minimum atomic E-state index is -0.0369. The largest absolute Gasteiger partial charge is 0.292 e. The van der Waals surface area contributed by atoms with E-state index in [4.69, 9.17) is 0 Å². The number of nitrogens with zero attached hydrogens (tertiary/aromatic N) is 4. The van der Waals surface area contributed by atoms with Crippen LogP contribution in [0.5, 0.6) is 0 Å². The van der Waals surface area contributed by atoms with Crippen molar-refractivity contribution in [2.75, 3.05) is 0 Å². The summed E-state index contributed by atoms with van der Waals surface area (Å²) in [4.78, 5) is 13.5. The number of carbonyl (C=O) groups excluding carboxylic acids is 1. The number of halogens is 1. The summed E-state index contributed by atoms with van der Waals surface area (Å²) < 4.78 is 1.09. The lowest BCUT2D eigenvalue weighted by Gasteiger charge is -2.00. The molecule has 0 atom stereocenters. The van der Waals surface area contributed by atoms with Gasteiger partial charge in [-0.15, -0.1) is 10.2 Å². The van der Waals surface area contributed by atoms with E-state index in [0.717, 1.165) is 14.7 Å². The van der Waals surface area contributed by atoms with Crippen molar-refractivity contribution in [2.45, 2.75) is 13.5 Å². The van der Waals surface area contributed by atoms with Crippen LogP contribution in [-0.4, -0.2) is 26.0 Å². The van der Waals surface area contributed by atoms with Crippen LogP contribution in [0.3, 0.4) is 0 Å². The molecule has 0 aliphatic carbocycles. The molecule has 0 N–H and O–H groups in total. The van der Waals surface area contributed by atoms with Gasteiger partial charge in [-0.05, 0) is 52.4 Å². The summed E-state index contributed by atoms with van der Waals surface area (Å²) in [6, 6.07) is 15.3. The van der Waals surface area contributed by atoms with E-state index in [2.05, 4.69) is 38.0 Å². The Kier molecular flexibility index (Phi) is 4.28. The number of carbonyl (C=O) groups is 1. The molecule has 2 aromatic carbocycles. The highest BCUT2D eigenvalue weighted by molar-refractivity contribution is 14.1. The number of rotatable bonds is 4. The molecule has 0 amide bonds. The van der Waals surface area contributed by atoms with Gasteiger partial charge >= 0.3 is 0 Å². The van der Waals surface area contributed by atoms with Crippen molar-refractivity contribution in [3.63, 3.8) is 0 Å². The first-order valence-electron chi connectivity index (χ1n) is 6.76. The Bertz CT molecular complexity index is 811. The number of ketones is 1. The second-order valence-corrected chi connectivity index (χ2v) is 6.13. The molecule has 22 heavy (non-hydrogen) atoms. The molecule has 3 rings (SSSR count). The number of hydrogen-bond acceptors (Lipinski definition) is 4. The molecular weight excluding hydrogens is 391 g/mol. The minimum Gasteiger partial charge on any atom is -0.292 e. The SMILES string of the molecule is Cc1ccccc1-c1nnn(CC(=O)c2ccc(I)cc2)n1. The predicted molar refractivity (Wildman–Crippen MR) is 91.5 cm³/mol. The second-order valence-electron chi connectivity index (χ2n) is 4.89. The minimum absolute atomic E-state index is 0.0369. The number of hydrogen-bond donors (Lipinski definition) is 0. The van der Waals surface area contributed by atoms with Crippen LogP contribution in [0.4, 0.5) is 0 Å². The Morgan fingerprint density at radius 3 is 2.59 bits per heavy atom. The van der Waals surface area contributed by atoms with Gasteiger partial charge in [-0.1, -0.05) is 36.4 Å². The first kappa shape index (κ1) is 14.8. The van der Waals surface area contributed by atoms with Gasteiger partial charge in [0, 0.05) is 14.7 Å². The fourth-order valence-electron chi connectivity index (χ4n) is 2.10. The normalized spacial score (nSPS) is 10.6. The third-order valence-electron chi connectivity index (χ3n) is 3.29. The van der Waals surface area contributed by atoms with Crippen molar-refractivity contribution in [3.05, 3.63) is 63.2 Å². The van der Waals surface area contributed by atoms with E-state index < -0.39 is 0 Å². The maximum absolute atomic E-state index is 12.2. The number of aryl methyl sites for hydroxylation is 1. The monoisotopic (exact) mass is 404 g/mol. The first-order valence-corrected chi connectivity index (χ1v) is 7.84. The van der Waals surface area contributed by atoms with E-state index in [1.807, 2.05) is 55.5 Å². The molecule has 0 spiro atoms. The van der Waals surface area contributed by atoms with Crippen LogP contribution in [0.25, 0.3) is 11.4 Å². The molecule has 0 aliphatic heterocycles. The van der Waals surface area contributed by atoms with Crippen molar-refractivity contribution < 1.29 is 4.79 Å². The van der Waals surface area contributed by atoms with Crippen molar-refractivity contribution in [1.82, 2.24) is 20.2 Å². The zero-order chi connectivity index (χ0) is 15.5. The summed E-state index contributed by atoms with van der Waals surface area (Å²) in [7, 11) is 0. The Morgan fingerprint density at radius 2 is 1.86 bits per heavy atom. The molecule has 3 aromatic rings. The smallest absolute Gasteiger partial charge is 0.205 e. The molecule has 0 radical (unpaired) electrons. The van der Waals surface area contributed by atoms with Crippen LogP contribution in [0, 0.1) is 10.5 Å². The molecule has 1 heterocycles. The van der Waals surface area contributed by atoms with Crippen LogP contribution in [0.15, 0.2) is 48.5 Å². The lowest BCUT2D eigenvalue weighted by atomic mass is 10.1. The summed E-state index contributed by atoms with van der Waals surface area (Å²) in [6.07, 6.45) is 0. The van der Waals surface area contributed by atoms with Gasteiger partial charge < -0.3 is 0 Å². The molecule has 6 heteroatoms. The topological polar surface area (TPSA) is 60.7 Å². The maximum atomic E-state index is 12.2. The van der Waals surface area contributed by atoms with E-state index in [-0.39, 0.29) is 12.3 Å². The highest BCUT2D eigenvalue weighted by Gasteiger charge is 2.12. The van der Waals surface area contributed by atoms with Crippen LogP contribution in [-0.2, 0) is 6.54 Å². The first-order chi connectivity index (χ1) is 10.6. The predicted octanol–water partition coefficient (Wildman–Crippen LogP) is 3.14. The average molecular weight is 404 g/mol. The standard InChI is InChI=1S/C16H13IN4O/c1-11-4-2-3-5-14(11)16-18-20-21(19-16)10-15(22)12-6-8-13(17)9-7-12/h2-9H,10H2,1H3. The third-order valence-corrected chi connectivity index (χ3v) is 4.01. The molecule has 1 aromatic heterocycles. The highest BCUT2D eigenvalue weighted by Crippen LogP contribution is 2.18. The Balaban J connectivity index is 1.78. The van der Waals surface area contributed by atoms with Gasteiger partial charge in [0.15, 0.2) is 5.78 Å². The summed E-state index contributed by atoms with van der Waals surface area (Å²) >= 11 is 2.21. The molecule has 110 valence electrons. The third kappa shape index (κ3) is 3.22.